The first-order valence-corrected chi connectivity index (χ1v) is 15.0. The second-order valence-corrected chi connectivity index (χ2v) is 10.8. The summed E-state index contributed by atoms with van der Waals surface area (Å²) in [5.74, 6) is -0.771. The molecule has 1 saturated heterocycles. The molecular weight excluding hydrogens is 554 g/mol. The summed E-state index contributed by atoms with van der Waals surface area (Å²) in [4.78, 5) is 74.7. The number of rotatable bonds is 5. The van der Waals surface area contributed by atoms with Crippen molar-refractivity contribution in [2.45, 2.75) is 57.4 Å². The molecule has 0 saturated carbocycles. The number of ether oxygens (including phenoxy) is 1. The van der Waals surface area contributed by atoms with Crippen LogP contribution in [0.5, 0.6) is 5.75 Å². The fraction of sp³-hybridized carbons (Fsp3) is 0.533. The van der Waals surface area contributed by atoms with Crippen molar-refractivity contribution in [3.05, 3.63) is 48.0 Å². The summed E-state index contributed by atoms with van der Waals surface area (Å²) in [6, 6.07) is 5.74. The number of carbonyl (C=O) groups excluding carboxylic acids is 5. The smallest absolute Gasteiger partial charge is 0.252 e. The van der Waals surface area contributed by atoms with E-state index in [1.165, 1.54) is 11.2 Å². The molecule has 3 heterocycles. The molecule has 1 aromatic heterocycles. The van der Waals surface area contributed by atoms with Gasteiger partial charge in [-0.05, 0) is 43.9 Å². The number of aromatic amines is 1. The van der Waals surface area contributed by atoms with E-state index in [4.69, 9.17) is 4.74 Å². The Hall–Kier alpha value is -4.42. The number of imidazole rings is 1. The highest BCUT2D eigenvalue weighted by molar-refractivity contribution is 5.98. The fourth-order valence-electron chi connectivity index (χ4n) is 5.10. The number of amides is 5. The van der Waals surface area contributed by atoms with E-state index in [1.807, 2.05) is 0 Å². The van der Waals surface area contributed by atoms with Gasteiger partial charge >= 0.3 is 0 Å². The van der Waals surface area contributed by atoms with Crippen molar-refractivity contribution in [1.82, 2.24) is 35.7 Å². The van der Waals surface area contributed by atoms with Crippen LogP contribution in [-0.2, 0) is 25.6 Å². The van der Waals surface area contributed by atoms with Gasteiger partial charge in [0.15, 0.2) is 0 Å². The van der Waals surface area contributed by atoms with E-state index < -0.39 is 11.9 Å². The molecule has 5 amide bonds. The Morgan fingerprint density at radius 2 is 1.86 bits per heavy atom. The van der Waals surface area contributed by atoms with Crippen molar-refractivity contribution >= 4 is 29.5 Å². The standard InChI is InChI=1S/C30H41N7O6/c38-26-20-37(28(40)10-15-36-13-4-1-2-9-27(36)39)14-5-3-11-33-30(42)25(18-23-19-31-21-34-23)35-29(41)22-7-6-8-24(17-22)43-16-12-32-26/h6-8,17,19,21,25H,1-5,9-16,18,20H2,(H,31,34)(H,32,38)(H,33,42)(H,35,41)/t25-/m0/s1. The van der Waals surface area contributed by atoms with Gasteiger partial charge in [-0.1, -0.05) is 12.5 Å². The maximum atomic E-state index is 13.2. The third kappa shape index (κ3) is 10.1. The summed E-state index contributed by atoms with van der Waals surface area (Å²) in [5, 5.41) is 8.48. The molecule has 1 fully saturated rings. The number of aromatic nitrogens is 2. The highest BCUT2D eigenvalue weighted by atomic mass is 16.5. The Morgan fingerprint density at radius 1 is 1.00 bits per heavy atom. The minimum atomic E-state index is -0.846. The minimum Gasteiger partial charge on any atom is -0.492 e. The second-order valence-electron chi connectivity index (χ2n) is 10.8. The van der Waals surface area contributed by atoms with Crippen LogP contribution < -0.4 is 20.7 Å². The third-order valence-corrected chi connectivity index (χ3v) is 7.50. The number of nitrogens with one attached hydrogen (secondary N) is 4. The summed E-state index contributed by atoms with van der Waals surface area (Å²) < 4.78 is 5.74. The lowest BCUT2D eigenvalue weighted by atomic mass is 10.1. The Morgan fingerprint density at radius 3 is 2.70 bits per heavy atom. The van der Waals surface area contributed by atoms with Gasteiger partial charge in [-0.25, -0.2) is 4.98 Å². The molecule has 0 unspecified atom stereocenters. The lowest BCUT2D eigenvalue weighted by molar-refractivity contribution is -0.137. The predicted octanol–water partition coefficient (Wildman–Crippen LogP) is 0.777. The van der Waals surface area contributed by atoms with E-state index in [0.29, 0.717) is 62.4 Å². The number of hydrogen-bond acceptors (Lipinski definition) is 7. The first-order chi connectivity index (χ1) is 20.9. The summed E-state index contributed by atoms with van der Waals surface area (Å²) in [5.41, 5.74) is 1.03. The van der Waals surface area contributed by atoms with Crippen molar-refractivity contribution in [3.63, 3.8) is 0 Å². The van der Waals surface area contributed by atoms with Gasteiger partial charge in [-0.2, -0.15) is 0 Å². The zero-order valence-electron chi connectivity index (χ0n) is 24.4. The number of H-pyrrole nitrogens is 1. The van der Waals surface area contributed by atoms with Crippen LogP contribution in [-0.4, -0.2) is 101 Å². The second kappa shape index (κ2) is 16.3. The van der Waals surface area contributed by atoms with Crippen LogP contribution in [0.25, 0.3) is 0 Å². The molecule has 13 heteroatoms. The number of benzene rings is 1. The van der Waals surface area contributed by atoms with Crippen LogP contribution in [0.2, 0.25) is 0 Å². The average molecular weight is 596 g/mol. The van der Waals surface area contributed by atoms with E-state index >= 15 is 0 Å². The van der Waals surface area contributed by atoms with Crippen LogP contribution >= 0.6 is 0 Å². The fourth-order valence-corrected chi connectivity index (χ4v) is 5.10. The van der Waals surface area contributed by atoms with E-state index in [0.717, 1.165) is 19.3 Å². The van der Waals surface area contributed by atoms with Crippen molar-refractivity contribution < 1.29 is 28.7 Å². The largest absolute Gasteiger partial charge is 0.492 e. The molecule has 232 valence electrons. The van der Waals surface area contributed by atoms with E-state index in [2.05, 4.69) is 25.9 Å². The van der Waals surface area contributed by atoms with Crippen LogP contribution in [0.4, 0.5) is 0 Å². The summed E-state index contributed by atoms with van der Waals surface area (Å²) in [6.45, 7) is 1.90. The number of likely N-dealkylation sites (tertiary alicyclic amines) is 1. The number of hydrogen-bond donors (Lipinski definition) is 4. The van der Waals surface area contributed by atoms with Gasteiger partial charge in [-0.3, -0.25) is 24.0 Å². The molecule has 2 aliphatic heterocycles. The Balaban J connectivity index is 1.41. The Bertz CT molecular complexity index is 1250. The number of carbonyl (C=O) groups is 5. The van der Waals surface area contributed by atoms with Crippen molar-refractivity contribution in [3.8, 4) is 5.75 Å². The molecule has 1 aromatic carbocycles. The van der Waals surface area contributed by atoms with Gasteiger partial charge in [0, 0.05) is 62.9 Å². The lowest BCUT2D eigenvalue weighted by Crippen LogP contribution is -2.48. The zero-order valence-corrected chi connectivity index (χ0v) is 24.4. The van der Waals surface area contributed by atoms with Gasteiger partial charge in [0.05, 0.1) is 19.4 Å². The molecule has 2 aromatic rings. The van der Waals surface area contributed by atoms with Gasteiger partial charge in [0.25, 0.3) is 5.91 Å². The maximum Gasteiger partial charge on any atom is 0.252 e. The van der Waals surface area contributed by atoms with E-state index in [1.54, 1.807) is 35.4 Å². The number of nitrogens with zero attached hydrogens (tertiary/aromatic N) is 3. The first kappa shape index (κ1) is 31.5. The molecule has 13 nitrogen and oxygen atoms in total. The van der Waals surface area contributed by atoms with E-state index in [-0.39, 0.29) is 56.2 Å². The Labute approximate surface area is 251 Å². The monoisotopic (exact) mass is 595 g/mol. The minimum absolute atomic E-state index is 0.0712. The molecule has 4 rings (SSSR count). The molecule has 0 radical (unpaired) electrons. The topological polar surface area (TPSA) is 166 Å². The summed E-state index contributed by atoms with van der Waals surface area (Å²) in [7, 11) is 0. The van der Waals surface area contributed by atoms with Crippen LogP contribution in [0.15, 0.2) is 36.8 Å². The van der Waals surface area contributed by atoms with Crippen molar-refractivity contribution in [2.24, 2.45) is 0 Å². The molecular formula is C30H41N7O6. The molecule has 4 N–H and O–H groups in total. The predicted molar refractivity (Wildman–Crippen MR) is 157 cm³/mol. The molecule has 0 spiro atoms. The third-order valence-electron chi connectivity index (χ3n) is 7.50. The molecule has 43 heavy (non-hydrogen) atoms. The van der Waals surface area contributed by atoms with Gasteiger partial charge in [0.1, 0.15) is 18.4 Å². The lowest BCUT2D eigenvalue weighted by Gasteiger charge is -2.25. The quantitative estimate of drug-likeness (QED) is 0.396. The van der Waals surface area contributed by atoms with Gasteiger partial charge in [-0.15, -0.1) is 0 Å². The van der Waals surface area contributed by atoms with Crippen LogP contribution in [0, 0.1) is 0 Å². The normalized spacial score (nSPS) is 20.0. The highest BCUT2D eigenvalue weighted by Crippen LogP contribution is 2.14. The SMILES string of the molecule is O=C1CN(C(=O)CCN2CCCCCC2=O)CCCCNC(=O)[C@H](Cc2cnc[nH]2)NC(=O)c2cccc(c2)OCCN1. The number of fused-ring (bicyclic) bond motifs is 2. The van der Waals surface area contributed by atoms with E-state index in [9.17, 15) is 24.0 Å². The molecule has 2 aliphatic rings. The van der Waals surface area contributed by atoms with Crippen molar-refractivity contribution in [1.29, 1.82) is 0 Å². The van der Waals surface area contributed by atoms with Crippen LogP contribution in [0.3, 0.4) is 0 Å². The summed E-state index contributed by atoms with van der Waals surface area (Å²) in [6.07, 6.45) is 7.90. The average Bonchev–Trinajstić information content (AvgIpc) is 3.43. The Kier molecular flexibility index (Phi) is 11.9. The van der Waals surface area contributed by atoms with Crippen LogP contribution in [0.1, 0.15) is 61.0 Å². The maximum absolute atomic E-state index is 13.2. The van der Waals surface area contributed by atoms with Gasteiger partial charge in [0.2, 0.25) is 23.6 Å². The molecule has 0 aliphatic carbocycles. The highest BCUT2D eigenvalue weighted by Gasteiger charge is 2.24. The molecule has 1 atom stereocenters. The van der Waals surface area contributed by atoms with Crippen molar-refractivity contribution in [2.75, 3.05) is 45.9 Å². The first-order valence-electron chi connectivity index (χ1n) is 15.0. The molecule has 2 bridgehead atoms. The summed E-state index contributed by atoms with van der Waals surface area (Å²) >= 11 is 0. The zero-order chi connectivity index (χ0) is 30.4. The van der Waals surface area contributed by atoms with Gasteiger partial charge < -0.3 is 35.5 Å².